The number of benzene rings is 1. The molecule has 3 nitrogen and oxygen atoms in total. The third-order valence-corrected chi connectivity index (χ3v) is 2.49. The van der Waals surface area contributed by atoms with Crippen molar-refractivity contribution in [1.29, 1.82) is 0 Å². The predicted octanol–water partition coefficient (Wildman–Crippen LogP) is 2.17. The van der Waals surface area contributed by atoms with Gasteiger partial charge in [-0.2, -0.15) is 0 Å². The maximum atomic E-state index is 8.78. The average Bonchev–Trinajstić information content (AvgIpc) is 2.35. The molecular weight excluding hydrogens is 202 g/mol. The number of aryl methyl sites for hydroxylation is 1. The fraction of sp³-hybridized carbons (Fsp3) is 0.308. The van der Waals surface area contributed by atoms with Crippen molar-refractivity contribution in [3.05, 3.63) is 36.0 Å². The Morgan fingerprint density at radius 3 is 3.00 bits per heavy atom. The van der Waals surface area contributed by atoms with Crippen LogP contribution in [0.2, 0.25) is 0 Å². The molecule has 3 heteroatoms. The molecule has 2 rings (SSSR count). The van der Waals surface area contributed by atoms with E-state index in [1.54, 1.807) is 6.20 Å². The number of pyridine rings is 1. The summed E-state index contributed by atoms with van der Waals surface area (Å²) in [5.74, 6) is 0.754. The average molecular weight is 217 g/mol. The van der Waals surface area contributed by atoms with Gasteiger partial charge in [0, 0.05) is 11.6 Å². The zero-order valence-corrected chi connectivity index (χ0v) is 9.31. The summed E-state index contributed by atoms with van der Waals surface area (Å²) >= 11 is 0. The fourth-order valence-electron chi connectivity index (χ4n) is 1.69. The number of aromatic nitrogens is 1. The Morgan fingerprint density at radius 2 is 2.25 bits per heavy atom. The molecule has 1 aromatic heterocycles. The van der Waals surface area contributed by atoms with E-state index >= 15 is 0 Å². The second-order valence-electron chi connectivity index (χ2n) is 3.59. The lowest BCUT2D eigenvalue weighted by Gasteiger charge is -2.09. The largest absolute Gasteiger partial charge is 0.489 e. The lowest BCUT2D eigenvalue weighted by molar-refractivity contribution is 0.202. The molecule has 16 heavy (non-hydrogen) atoms. The maximum absolute atomic E-state index is 8.78. The molecule has 84 valence electrons. The highest BCUT2D eigenvalue weighted by molar-refractivity contribution is 5.85. The van der Waals surface area contributed by atoms with E-state index in [-0.39, 0.29) is 6.61 Å². The summed E-state index contributed by atoms with van der Waals surface area (Å²) in [5, 5.41) is 9.86. The summed E-state index contributed by atoms with van der Waals surface area (Å²) in [4.78, 5) is 4.30. The first-order valence-electron chi connectivity index (χ1n) is 5.46. The SMILES string of the molecule is CCc1cc(OCCO)c2ncccc2c1. The van der Waals surface area contributed by atoms with Gasteiger partial charge in [-0.25, -0.2) is 0 Å². The van der Waals surface area contributed by atoms with Gasteiger partial charge in [-0.05, 0) is 30.2 Å². The topological polar surface area (TPSA) is 42.4 Å². The van der Waals surface area contributed by atoms with Crippen LogP contribution in [-0.2, 0) is 6.42 Å². The Kier molecular flexibility index (Phi) is 3.37. The van der Waals surface area contributed by atoms with Gasteiger partial charge in [-0.1, -0.05) is 13.0 Å². The van der Waals surface area contributed by atoms with E-state index in [4.69, 9.17) is 9.84 Å². The third-order valence-electron chi connectivity index (χ3n) is 2.49. The van der Waals surface area contributed by atoms with Gasteiger partial charge >= 0.3 is 0 Å². The summed E-state index contributed by atoms with van der Waals surface area (Å²) in [6.45, 7) is 2.43. The van der Waals surface area contributed by atoms with Crippen molar-refractivity contribution in [2.24, 2.45) is 0 Å². The molecule has 0 bridgehead atoms. The van der Waals surface area contributed by atoms with Crippen molar-refractivity contribution in [2.45, 2.75) is 13.3 Å². The minimum Gasteiger partial charge on any atom is -0.489 e. The van der Waals surface area contributed by atoms with Crippen molar-refractivity contribution >= 4 is 10.9 Å². The van der Waals surface area contributed by atoms with Crippen LogP contribution in [0, 0.1) is 0 Å². The molecule has 0 amide bonds. The number of hydrogen-bond acceptors (Lipinski definition) is 3. The van der Waals surface area contributed by atoms with E-state index < -0.39 is 0 Å². The summed E-state index contributed by atoms with van der Waals surface area (Å²) in [6, 6.07) is 8.05. The lowest BCUT2D eigenvalue weighted by Crippen LogP contribution is -2.03. The van der Waals surface area contributed by atoms with Crippen molar-refractivity contribution < 1.29 is 9.84 Å². The molecular formula is C13H15NO2. The van der Waals surface area contributed by atoms with E-state index in [0.717, 1.165) is 23.1 Å². The highest BCUT2D eigenvalue weighted by Gasteiger charge is 2.05. The summed E-state index contributed by atoms with van der Waals surface area (Å²) < 4.78 is 5.50. The first-order valence-corrected chi connectivity index (χ1v) is 5.46. The van der Waals surface area contributed by atoms with Crippen molar-refractivity contribution in [2.75, 3.05) is 13.2 Å². The molecule has 0 atom stereocenters. The minimum absolute atomic E-state index is 0.0185. The van der Waals surface area contributed by atoms with Gasteiger partial charge in [-0.15, -0.1) is 0 Å². The molecule has 0 radical (unpaired) electrons. The normalized spacial score (nSPS) is 10.6. The number of aliphatic hydroxyl groups is 1. The lowest BCUT2D eigenvalue weighted by atomic mass is 10.1. The quantitative estimate of drug-likeness (QED) is 0.853. The third kappa shape index (κ3) is 2.14. The number of hydrogen-bond donors (Lipinski definition) is 1. The number of nitrogens with zero attached hydrogens (tertiary/aromatic N) is 1. The van der Waals surface area contributed by atoms with Gasteiger partial charge < -0.3 is 9.84 Å². The number of aliphatic hydroxyl groups excluding tert-OH is 1. The van der Waals surface area contributed by atoms with Crippen LogP contribution >= 0.6 is 0 Å². The van der Waals surface area contributed by atoms with Gasteiger partial charge in [-0.3, -0.25) is 4.98 Å². The molecule has 0 aliphatic heterocycles. The van der Waals surface area contributed by atoms with Crippen molar-refractivity contribution in [3.8, 4) is 5.75 Å². The first kappa shape index (κ1) is 10.9. The molecule has 1 aromatic carbocycles. The van der Waals surface area contributed by atoms with Gasteiger partial charge in [0.1, 0.15) is 17.9 Å². The smallest absolute Gasteiger partial charge is 0.145 e. The number of fused-ring (bicyclic) bond motifs is 1. The van der Waals surface area contributed by atoms with Gasteiger partial charge in [0.25, 0.3) is 0 Å². The molecule has 0 saturated carbocycles. The number of ether oxygens (including phenoxy) is 1. The van der Waals surface area contributed by atoms with Crippen LogP contribution in [0.4, 0.5) is 0 Å². The zero-order chi connectivity index (χ0) is 11.4. The zero-order valence-electron chi connectivity index (χ0n) is 9.31. The van der Waals surface area contributed by atoms with Crippen LogP contribution in [0.1, 0.15) is 12.5 Å². The second kappa shape index (κ2) is 4.94. The minimum atomic E-state index is 0.0185. The Morgan fingerprint density at radius 1 is 1.38 bits per heavy atom. The molecule has 1 N–H and O–H groups in total. The molecule has 1 heterocycles. The highest BCUT2D eigenvalue weighted by atomic mass is 16.5. The fourth-order valence-corrected chi connectivity index (χ4v) is 1.69. The number of rotatable bonds is 4. The van der Waals surface area contributed by atoms with Gasteiger partial charge in [0.2, 0.25) is 0 Å². The van der Waals surface area contributed by atoms with E-state index in [0.29, 0.717) is 6.61 Å². The molecule has 0 spiro atoms. The van der Waals surface area contributed by atoms with E-state index in [1.165, 1.54) is 5.56 Å². The summed E-state index contributed by atoms with van der Waals surface area (Å²) in [6.07, 6.45) is 2.71. The Bertz CT molecular complexity index is 482. The molecule has 0 aliphatic rings. The Labute approximate surface area is 94.7 Å². The van der Waals surface area contributed by atoms with Crippen LogP contribution in [0.15, 0.2) is 30.5 Å². The first-order chi connectivity index (χ1) is 7.85. The van der Waals surface area contributed by atoms with Gasteiger partial charge in [0.05, 0.1) is 6.61 Å². The standard InChI is InChI=1S/C13H15NO2/c1-2-10-8-11-4-3-5-14-13(11)12(9-10)16-7-6-15/h3-5,8-9,15H,2,6-7H2,1H3. The Balaban J connectivity index is 2.50. The van der Waals surface area contributed by atoms with Gasteiger partial charge in [0.15, 0.2) is 0 Å². The van der Waals surface area contributed by atoms with Crippen molar-refractivity contribution in [1.82, 2.24) is 4.98 Å². The molecule has 0 aliphatic carbocycles. The molecule has 0 saturated heterocycles. The second-order valence-corrected chi connectivity index (χ2v) is 3.59. The van der Waals surface area contributed by atoms with Crippen LogP contribution in [0.25, 0.3) is 10.9 Å². The molecule has 2 aromatic rings. The molecule has 0 unspecified atom stereocenters. The highest BCUT2D eigenvalue weighted by Crippen LogP contribution is 2.25. The maximum Gasteiger partial charge on any atom is 0.145 e. The predicted molar refractivity (Wildman–Crippen MR) is 63.7 cm³/mol. The van der Waals surface area contributed by atoms with Crippen LogP contribution in [0.3, 0.4) is 0 Å². The van der Waals surface area contributed by atoms with E-state index in [1.807, 2.05) is 18.2 Å². The van der Waals surface area contributed by atoms with Crippen molar-refractivity contribution in [3.63, 3.8) is 0 Å². The van der Waals surface area contributed by atoms with Crippen LogP contribution < -0.4 is 4.74 Å². The van der Waals surface area contributed by atoms with Crippen LogP contribution in [0.5, 0.6) is 5.75 Å². The van der Waals surface area contributed by atoms with E-state index in [2.05, 4.69) is 18.0 Å². The molecule has 0 fully saturated rings. The Hall–Kier alpha value is -1.61. The monoisotopic (exact) mass is 217 g/mol. The summed E-state index contributed by atoms with van der Waals surface area (Å²) in [7, 11) is 0. The van der Waals surface area contributed by atoms with Crippen LogP contribution in [-0.4, -0.2) is 23.3 Å². The van der Waals surface area contributed by atoms with E-state index in [9.17, 15) is 0 Å². The summed E-state index contributed by atoms with van der Waals surface area (Å²) in [5.41, 5.74) is 2.07.